The fraction of sp³-hybridized carbons (Fsp3) is 0.438. The van der Waals surface area contributed by atoms with Gasteiger partial charge in [0.05, 0.1) is 6.61 Å². The van der Waals surface area contributed by atoms with Crippen LogP contribution in [0.4, 0.5) is 5.69 Å². The maximum atomic E-state index is 12.0. The van der Waals surface area contributed by atoms with E-state index in [1.54, 1.807) is 24.3 Å². The molecule has 2 unspecified atom stereocenters. The molecule has 7 heteroatoms. The summed E-state index contributed by atoms with van der Waals surface area (Å²) in [5, 5.41) is 13.9. The fourth-order valence-corrected chi connectivity index (χ4v) is 2.16. The summed E-state index contributed by atoms with van der Waals surface area (Å²) in [6.07, 6.45) is 0.905. The van der Waals surface area contributed by atoms with E-state index >= 15 is 0 Å². The van der Waals surface area contributed by atoms with Gasteiger partial charge in [0.1, 0.15) is 6.61 Å². The Bertz CT molecular complexity index is 602. The molecule has 1 aliphatic rings. The van der Waals surface area contributed by atoms with Crippen LogP contribution >= 0.6 is 0 Å². The number of ether oxygens (including phenoxy) is 1. The lowest BCUT2D eigenvalue weighted by molar-refractivity contribution is -0.142. The Morgan fingerprint density at radius 1 is 1.35 bits per heavy atom. The molecule has 1 aliphatic carbocycles. The minimum atomic E-state index is -1.05. The van der Waals surface area contributed by atoms with E-state index in [0.29, 0.717) is 17.2 Å². The highest BCUT2D eigenvalue weighted by Crippen LogP contribution is 2.38. The van der Waals surface area contributed by atoms with Crippen LogP contribution in [-0.4, -0.2) is 42.6 Å². The first-order valence-corrected chi connectivity index (χ1v) is 7.46. The number of rotatable bonds is 8. The Hall–Kier alpha value is -2.41. The van der Waals surface area contributed by atoms with Gasteiger partial charge >= 0.3 is 5.97 Å². The van der Waals surface area contributed by atoms with Crippen LogP contribution in [-0.2, 0) is 14.3 Å². The van der Waals surface area contributed by atoms with Crippen LogP contribution in [0.25, 0.3) is 0 Å². The third-order valence-electron chi connectivity index (χ3n) is 3.60. The lowest BCUT2D eigenvalue weighted by Crippen LogP contribution is -2.28. The van der Waals surface area contributed by atoms with Crippen molar-refractivity contribution in [3.05, 3.63) is 29.8 Å². The van der Waals surface area contributed by atoms with Crippen molar-refractivity contribution in [2.45, 2.75) is 13.3 Å². The van der Waals surface area contributed by atoms with Crippen LogP contribution in [0.2, 0.25) is 0 Å². The molecular weight excluding hydrogens is 300 g/mol. The maximum Gasteiger partial charge on any atom is 0.329 e. The molecule has 23 heavy (non-hydrogen) atoms. The average Bonchev–Trinajstić information content (AvgIpc) is 3.24. The average molecular weight is 320 g/mol. The maximum absolute atomic E-state index is 12.0. The van der Waals surface area contributed by atoms with E-state index in [0.717, 1.165) is 6.42 Å². The first-order chi connectivity index (χ1) is 11.0. The van der Waals surface area contributed by atoms with Crippen molar-refractivity contribution in [3.8, 4) is 0 Å². The number of aliphatic carboxylic acids is 1. The van der Waals surface area contributed by atoms with Gasteiger partial charge in [-0.1, -0.05) is 13.0 Å². The molecule has 0 heterocycles. The molecule has 2 amide bonds. The summed E-state index contributed by atoms with van der Waals surface area (Å²) in [6, 6.07) is 6.68. The molecule has 1 fully saturated rings. The molecule has 1 aromatic rings. The van der Waals surface area contributed by atoms with Gasteiger partial charge in [-0.15, -0.1) is 0 Å². The molecular formula is C16H20N2O5. The molecule has 2 rings (SSSR count). The number of anilines is 1. The van der Waals surface area contributed by atoms with Crippen LogP contribution in [0.5, 0.6) is 0 Å². The number of carbonyl (C=O) groups excluding carboxylic acids is 2. The van der Waals surface area contributed by atoms with Gasteiger partial charge < -0.3 is 20.5 Å². The zero-order valence-corrected chi connectivity index (χ0v) is 12.9. The van der Waals surface area contributed by atoms with Crippen LogP contribution in [0.15, 0.2) is 24.3 Å². The second-order valence-electron chi connectivity index (χ2n) is 5.59. The van der Waals surface area contributed by atoms with E-state index in [1.165, 1.54) is 0 Å². The van der Waals surface area contributed by atoms with E-state index in [9.17, 15) is 14.4 Å². The lowest BCUT2D eigenvalue weighted by Gasteiger charge is -2.08. The summed E-state index contributed by atoms with van der Waals surface area (Å²) < 4.78 is 4.83. The SMILES string of the molecule is CC1CC1C(=O)Nc1cccc(C(=O)NCCOCC(=O)O)c1. The largest absolute Gasteiger partial charge is 0.480 e. The predicted molar refractivity (Wildman–Crippen MR) is 83.1 cm³/mol. The normalized spacial score (nSPS) is 19.0. The minimum absolute atomic E-state index is 0.0165. The van der Waals surface area contributed by atoms with Crippen LogP contribution in [0, 0.1) is 11.8 Å². The number of carbonyl (C=O) groups is 3. The monoisotopic (exact) mass is 320 g/mol. The Morgan fingerprint density at radius 3 is 2.74 bits per heavy atom. The van der Waals surface area contributed by atoms with Gasteiger partial charge in [0, 0.05) is 23.7 Å². The van der Waals surface area contributed by atoms with E-state index in [2.05, 4.69) is 10.6 Å². The minimum Gasteiger partial charge on any atom is -0.480 e. The van der Waals surface area contributed by atoms with Crippen molar-refractivity contribution in [3.63, 3.8) is 0 Å². The summed E-state index contributed by atoms with van der Waals surface area (Å²) in [4.78, 5) is 34.1. The van der Waals surface area contributed by atoms with Crippen molar-refractivity contribution in [2.75, 3.05) is 25.1 Å². The third-order valence-corrected chi connectivity index (χ3v) is 3.60. The van der Waals surface area contributed by atoms with Crippen LogP contribution < -0.4 is 10.6 Å². The van der Waals surface area contributed by atoms with Crippen molar-refractivity contribution in [2.24, 2.45) is 11.8 Å². The molecule has 0 aromatic heterocycles. The predicted octanol–water partition coefficient (Wildman–Crippen LogP) is 1.11. The van der Waals surface area contributed by atoms with Crippen LogP contribution in [0.3, 0.4) is 0 Å². The molecule has 0 radical (unpaired) electrons. The van der Waals surface area contributed by atoms with Gasteiger partial charge in [-0.25, -0.2) is 4.79 Å². The van der Waals surface area contributed by atoms with Gasteiger partial charge in [-0.3, -0.25) is 9.59 Å². The van der Waals surface area contributed by atoms with Crippen molar-refractivity contribution in [1.82, 2.24) is 5.32 Å². The van der Waals surface area contributed by atoms with Crippen molar-refractivity contribution < 1.29 is 24.2 Å². The second-order valence-corrected chi connectivity index (χ2v) is 5.59. The van der Waals surface area contributed by atoms with Gasteiger partial charge in [0.2, 0.25) is 5.91 Å². The molecule has 2 atom stereocenters. The highest BCUT2D eigenvalue weighted by Gasteiger charge is 2.39. The van der Waals surface area contributed by atoms with Crippen LogP contribution in [0.1, 0.15) is 23.7 Å². The number of amides is 2. The first kappa shape index (κ1) is 17.0. The van der Waals surface area contributed by atoms with E-state index < -0.39 is 12.6 Å². The molecule has 0 bridgehead atoms. The summed E-state index contributed by atoms with van der Waals surface area (Å²) in [7, 11) is 0. The smallest absolute Gasteiger partial charge is 0.329 e. The van der Waals surface area contributed by atoms with E-state index in [-0.39, 0.29) is 30.9 Å². The fourth-order valence-electron chi connectivity index (χ4n) is 2.16. The Balaban J connectivity index is 1.80. The Morgan fingerprint density at radius 2 is 2.09 bits per heavy atom. The third kappa shape index (κ3) is 5.37. The summed E-state index contributed by atoms with van der Waals surface area (Å²) in [5.41, 5.74) is 1.01. The number of nitrogens with one attached hydrogen (secondary N) is 2. The van der Waals surface area contributed by atoms with E-state index in [4.69, 9.17) is 9.84 Å². The number of hydrogen-bond acceptors (Lipinski definition) is 4. The Kier molecular flexibility index (Phi) is 5.70. The number of benzene rings is 1. The van der Waals surface area contributed by atoms with Crippen molar-refractivity contribution in [1.29, 1.82) is 0 Å². The molecule has 0 saturated heterocycles. The number of carboxylic acid groups (broad SMARTS) is 1. The molecule has 0 aliphatic heterocycles. The summed E-state index contributed by atoms with van der Waals surface area (Å²) >= 11 is 0. The van der Waals surface area contributed by atoms with E-state index in [1.807, 2.05) is 6.92 Å². The lowest BCUT2D eigenvalue weighted by atomic mass is 10.2. The molecule has 124 valence electrons. The standard InChI is InChI=1S/C16H20N2O5/c1-10-7-13(10)16(22)18-12-4-2-3-11(8-12)15(21)17-5-6-23-9-14(19)20/h2-4,8,10,13H,5-7,9H2,1H3,(H,17,21)(H,18,22)(H,19,20). The summed E-state index contributed by atoms with van der Waals surface area (Å²) in [6.45, 7) is 1.97. The number of carboxylic acids is 1. The highest BCUT2D eigenvalue weighted by atomic mass is 16.5. The van der Waals surface area contributed by atoms with Gasteiger partial charge in [0.25, 0.3) is 5.91 Å². The topological polar surface area (TPSA) is 105 Å². The van der Waals surface area contributed by atoms with Gasteiger partial charge in [0.15, 0.2) is 0 Å². The molecule has 1 saturated carbocycles. The second kappa shape index (κ2) is 7.73. The first-order valence-electron chi connectivity index (χ1n) is 7.46. The Labute approximate surface area is 134 Å². The zero-order valence-electron chi connectivity index (χ0n) is 12.9. The van der Waals surface area contributed by atoms with Gasteiger partial charge in [-0.2, -0.15) is 0 Å². The summed E-state index contributed by atoms with van der Waals surface area (Å²) in [5.74, 6) is -0.882. The molecule has 7 nitrogen and oxygen atoms in total. The molecule has 3 N–H and O–H groups in total. The quantitative estimate of drug-likeness (QED) is 0.622. The van der Waals surface area contributed by atoms with Crippen molar-refractivity contribution >= 4 is 23.5 Å². The molecule has 1 aromatic carbocycles. The highest BCUT2D eigenvalue weighted by molar-refractivity contribution is 5.98. The zero-order chi connectivity index (χ0) is 16.8. The number of hydrogen-bond donors (Lipinski definition) is 3. The molecule has 0 spiro atoms. The van der Waals surface area contributed by atoms with Gasteiger partial charge in [-0.05, 0) is 30.5 Å².